The first kappa shape index (κ1) is 18.5. The highest BCUT2D eigenvalue weighted by molar-refractivity contribution is 5.79. The van der Waals surface area contributed by atoms with Crippen LogP contribution in [0.4, 0.5) is 4.39 Å². The maximum Gasteiger partial charge on any atom is 0.191 e. The number of hydrogen-bond acceptors (Lipinski definition) is 3. The Labute approximate surface area is 144 Å². The standard InChI is InChI=1S/C18H29FN4O/c1-4-23-10-6-7-15(23)13-22-18(20-3)21-12-14-8-9-17(24-5-2)16(19)11-14/h8-9,11,15H,4-7,10,12-13H2,1-3H3,(H2,20,21,22). The van der Waals surface area contributed by atoms with Gasteiger partial charge in [0.2, 0.25) is 0 Å². The fraction of sp³-hybridized carbons (Fsp3) is 0.611. The zero-order valence-electron chi connectivity index (χ0n) is 14.9. The summed E-state index contributed by atoms with van der Waals surface area (Å²) in [6, 6.07) is 5.60. The van der Waals surface area contributed by atoms with Gasteiger partial charge in [-0.3, -0.25) is 9.89 Å². The molecule has 6 heteroatoms. The average molecular weight is 336 g/mol. The van der Waals surface area contributed by atoms with Gasteiger partial charge >= 0.3 is 0 Å². The monoisotopic (exact) mass is 336 g/mol. The van der Waals surface area contributed by atoms with Crippen molar-refractivity contribution in [2.75, 3.05) is 33.3 Å². The van der Waals surface area contributed by atoms with Gasteiger partial charge in [-0.25, -0.2) is 4.39 Å². The van der Waals surface area contributed by atoms with E-state index in [2.05, 4.69) is 27.4 Å². The topological polar surface area (TPSA) is 48.9 Å². The minimum atomic E-state index is -0.330. The van der Waals surface area contributed by atoms with Crippen molar-refractivity contribution in [3.63, 3.8) is 0 Å². The molecule has 1 fully saturated rings. The summed E-state index contributed by atoms with van der Waals surface area (Å²) >= 11 is 0. The molecule has 1 aromatic rings. The summed E-state index contributed by atoms with van der Waals surface area (Å²) in [5.41, 5.74) is 0.856. The van der Waals surface area contributed by atoms with Gasteiger partial charge in [0.1, 0.15) is 0 Å². The fourth-order valence-corrected chi connectivity index (χ4v) is 3.09. The second-order valence-electron chi connectivity index (χ2n) is 5.93. The molecule has 1 saturated heterocycles. The number of likely N-dealkylation sites (tertiary alicyclic amines) is 1. The first-order valence-corrected chi connectivity index (χ1v) is 8.77. The van der Waals surface area contributed by atoms with Crippen LogP contribution >= 0.6 is 0 Å². The number of halogens is 1. The van der Waals surface area contributed by atoms with E-state index in [-0.39, 0.29) is 5.82 Å². The van der Waals surface area contributed by atoms with Crippen LogP contribution < -0.4 is 15.4 Å². The summed E-state index contributed by atoms with van der Waals surface area (Å²) in [7, 11) is 1.75. The maximum absolute atomic E-state index is 13.9. The van der Waals surface area contributed by atoms with Gasteiger partial charge < -0.3 is 15.4 Å². The lowest BCUT2D eigenvalue weighted by atomic mass is 10.2. The zero-order valence-corrected chi connectivity index (χ0v) is 14.9. The van der Waals surface area contributed by atoms with Gasteiger partial charge in [-0.05, 0) is 50.6 Å². The number of likely N-dealkylation sites (N-methyl/N-ethyl adjacent to an activating group) is 1. The molecule has 1 aliphatic heterocycles. The largest absolute Gasteiger partial charge is 0.491 e. The molecule has 0 aromatic heterocycles. The minimum Gasteiger partial charge on any atom is -0.491 e. The number of benzene rings is 1. The molecule has 2 N–H and O–H groups in total. The first-order chi connectivity index (χ1) is 11.7. The van der Waals surface area contributed by atoms with Gasteiger partial charge in [0.15, 0.2) is 17.5 Å². The first-order valence-electron chi connectivity index (χ1n) is 8.77. The van der Waals surface area contributed by atoms with Crippen molar-refractivity contribution in [3.8, 4) is 5.75 Å². The lowest BCUT2D eigenvalue weighted by molar-refractivity contribution is 0.267. The number of nitrogens with one attached hydrogen (secondary N) is 2. The number of rotatable bonds is 7. The van der Waals surface area contributed by atoms with E-state index in [0.29, 0.717) is 24.9 Å². The molecule has 24 heavy (non-hydrogen) atoms. The van der Waals surface area contributed by atoms with Crippen LogP contribution in [0.2, 0.25) is 0 Å². The van der Waals surface area contributed by atoms with Crippen molar-refractivity contribution in [3.05, 3.63) is 29.6 Å². The molecule has 2 rings (SSSR count). The zero-order chi connectivity index (χ0) is 17.4. The summed E-state index contributed by atoms with van der Waals surface area (Å²) in [5.74, 6) is 0.709. The highest BCUT2D eigenvalue weighted by Crippen LogP contribution is 2.18. The van der Waals surface area contributed by atoms with E-state index in [4.69, 9.17) is 4.74 Å². The molecule has 134 valence electrons. The summed E-state index contributed by atoms with van der Waals surface area (Å²) in [6.07, 6.45) is 2.49. The van der Waals surface area contributed by atoms with E-state index in [1.54, 1.807) is 13.1 Å². The Morgan fingerprint density at radius 2 is 2.21 bits per heavy atom. The molecule has 1 unspecified atom stereocenters. The molecule has 1 aliphatic rings. The number of aliphatic imine (C=N–C) groups is 1. The van der Waals surface area contributed by atoms with Gasteiger partial charge in [-0.1, -0.05) is 13.0 Å². The summed E-state index contributed by atoms with van der Waals surface area (Å²) in [5, 5.41) is 6.61. The molecule has 0 spiro atoms. The van der Waals surface area contributed by atoms with Crippen molar-refractivity contribution < 1.29 is 9.13 Å². The molecule has 1 aromatic carbocycles. The van der Waals surface area contributed by atoms with Crippen molar-refractivity contribution in [2.24, 2.45) is 4.99 Å². The van der Waals surface area contributed by atoms with Crippen LogP contribution in [-0.2, 0) is 6.54 Å². The van der Waals surface area contributed by atoms with Crippen LogP contribution in [0, 0.1) is 5.82 Å². The Kier molecular flexibility index (Phi) is 7.31. The molecular weight excluding hydrogens is 307 g/mol. The van der Waals surface area contributed by atoms with Crippen molar-refractivity contribution in [1.29, 1.82) is 0 Å². The third-order valence-electron chi connectivity index (χ3n) is 4.39. The molecule has 1 heterocycles. The number of hydrogen-bond donors (Lipinski definition) is 2. The van der Waals surface area contributed by atoms with Gasteiger partial charge in [-0.2, -0.15) is 0 Å². The molecule has 5 nitrogen and oxygen atoms in total. The van der Waals surface area contributed by atoms with Crippen LogP contribution in [0.25, 0.3) is 0 Å². The fourth-order valence-electron chi connectivity index (χ4n) is 3.09. The molecule has 1 atom stereocenters. The van der Waals surface area contributed by atoms with Crippen LogP contribution in [0.3, 0.4) is 0 Å². The maximum atomic E-state index is 13.9. The highest BCUT2D eigenvalue weighted by atomic mass is 19.1. The third kappa shape index (κ3) is 5.09. The van der Waals surface area contributed by atoms with Crippen molar-refractivity contribution in [2.45, 2.75) is 39.3 Å². The van der Waals surface area contributed by atoms with E-state index in [1.807, 2.05) is 13.0 Å². The number of guanidine groups is 1. The predicted octanol–water partition coefficient (Wildman–Crippen LogP) is 2.37. The summed E-state index contributed by atoms with van der Waals surface area (Å²) in [6.45, 7) is 8.17. The second-order valence-corrected chi connectivity index (χ2v) is 5.93. The van der Waals surface area contributed by atoms with E-state index in [0.717, 1.165) is 24.6 Å². The quantitative estimate of drug-likeness (QED) is 0.593. The molecular formula is C18H29FN4O. The lowest BCUT2D eigenvalue weighted by Crippen LogP contribution is -2.44. The Bertz CT molecular complexity index is 550. The Hall–Kier alpha value is -1.82. The SMILES string of the molecule is CCOc1ccc(CNC(=NC)NCC2CCCN2CC)cc1F. The van der Waals surface area contributed by atoms with Crippen LogP contribution in [0.1, 0.15) is 32.3 Å². The molecule has 0 bridgehead atoms. The minimum absolute atomic E-state index is 0.296. The Morgan fingerprint density at radius 1 is 1.38 bits per heavy atom. The summed E-state index contributed by atoms with van der Waals surface area (Å²) in [4.78, 5) is 6.73. The van der Waals surface area contributed by atoms with Gasteiger partial charge in [0.05, 0.1) is 6.61 Å². The number of nitrogens with zero attached hydrogens (tertiary/aromatic N) is 2. The van der Waals surface area contributed by atoms with E-state index in [9.17, 15) is 4.39 Å². The lowest BCUT2D eigenvalue weighted by Gasteiger charge is -2.24. The van der Waals surface area contributed by atoms with E-state index < -0.39 is 0 Å². The van der Waals surface area contributed by atoms with E-state index in [1.165, 1.54) is 25.5 Å². The molecule has 0 amide bonds. The smallest absolute Gasteiger partial charge is 0.191 e. The van der Waals surface area contributed by atoms with Crippen LogP contribution in [0.5, 0.6) is 5.75 Å². The Morgan fingerprint density at radius 3 is 2.88 bits per heavy atom. The molecule has 0 radical (unpaired) electrons. The van der Waals surface area contributed by atoms with E-state index >= 15 is 0 Å². The number of ether oxygens (including phenoxy) is 1. The van der Waals surface area contributed by atoms with Crippen molar-refractivity contribution >= 4 is 5.96 Å². The van der Waals surface area contributed by atoms with Gasteiger partial charge in [0, 0.05) is 26.2 Å². The van der Waals surface area contributed by atoms with Gasteiger partial charge in [0.25, 0.3) is 0 Å². The molecule has 0 saturated carbocycles. The van der Waals surface area contributed by atoms with Crippen molar-refractivity contribution in [1.82, 2.24) is 15.5 Å². The summed E-state index contributed by atoms with van der Waals surface area (Å²) < 4.78 is 19.1. The highest BCUT2D eigenvalue weighted by Gasteiger charge is 2.22. The second kappa shape index (κ2) is 9.47. The van der Waals surface area contributed by atoms with Crippen LogP contribution in [0.15, 0.2) is 23.2 Å². The predicted molar refractivity (Wildman–Crippen MR) is 96.0 cm³/mol. The molecule has 0 aliphatic carbocycles. The van der Waals surface area contributed by atoms with Crippen LogP contribution in [-0.4, -0.2) is 50.2 Å². The van der Waals surface area contributed by atoms with Gasteiger partial charge in [-0.15, -0.1) is 0 Å². The Balaban J connectivity index is 1.82. The average Bonchev–Trinajstić information content (AvgIpc) is 3.05. The normalized spacial score (nSPS) is 18.7. The third-order valence-corrected chi connectivity index (χ3v) is 4.39.